The lowest BCUT2D eigenvalue weighted by molar-refractivity contribution is 0.245. The van der Waals surface area contributed by atoms with Crippen molar-refractivity contribution in [2.75, 3.05) is 20.1 Å². The molecule has 0 heterocycles. The van der Waals surface area contributed by atoms with Crippen LogP contribution in [0.4, 0.5) is 4.39 Å². The first-order valence-electron chi connectivity index (χ1n) is 7.04. The Kier molecular flexibility index (Phi) is 5.16. The van der Waals surface area contributed by atoms with Crippen molar-refractivity contribution in [3.05, 3.63) is 29.6 Å². The van der Waals surface area contributed by atoms with Crippen LogP contribution in [0.1, 0.15) is 31.2 Å². The minimum atomic E-state index is -0.389. The van der Waals surface area contributed by atoms with Crippen molar-refractivity contribution >= 4 is 0 Å². The summed E-state index contributed by atoms with van der Waals surface area (Å²) in [5, 5.41) is 12.6. The van der Waals surface area contributed by atoms with E-state index in [1.165, 1.54) is 31.7 Å². The van der Waals surface area contributed by atoms with E-state index >= 15 is 0 Å². The van der Waals surface area contributed by atoms with Gasteiger partial charge in [-0.05, 0) is 37.6 Å². The molecule has 4 heteroatoms. The lowest BCUT2D eigenvalue weighted by atomic mass is 10.2. The maximum atomic E-state index is 13.1. The molecule has 3 nitrogen and oxygen atoms in total. The first kappa shape index (κ1) is 14.3. The van der Waals surface area contributed by atoms with E-state index in [4.69, 9.17) is 0 Å². The molecule has 0 aromatic heterocycles. The molecular formula is C15H23FN2O. The molecule has 1 aromatic rings. The van der Waals surface area contributed by atoms with Gasteiger partial charge in [-0.25, -0.2) is 4.39 Å². The molecule has 1 aliphatic carbocycles. The van der Waals surface area contributed by atoms with Crippen LogP contribution in [0.3, 0.4) is 0 Å². The summed E-state index contributed by atoms with van der Waals surface area (Å²) in [5.74, 6) is -0.403. The summed E-state index contributed by atoms with van der Waals surface area (Å²) in [4.78, 5) is 2.41. The molecule has 1 saturated carbocycles. The van der Waals surface area contributed by atoms with Crippen LogP contribution >= 0.6 is 0 Å². The molecule has 0 atom stereocenters. The number of hydrogen-bond donors (Lipinski definition) is 2. The van der Waals surface area contributed by atoms with Crippen molar-refractivity contribution in [2.45, 2.75) is 38.3 Å². The smallest absolute Gasteiger partial charge is 0.127 e. The molecule has 0 bridgehead atoms. The maximum absolute atomic E-state index is 13.1. The molecule has 0 spiro atoms. The number of phenols is 1. The lowest BCUT2D eigenvalue weighted by Gasteiger charge is -2.24. The van der Waals surface area contributed by atoms with Gasteiger partial charge < -0.3 is 15.3 Å². The van der Waals surface area contributed by atoms with Crippen molar-refractivity contribution in [3.8, 4) is 5.75 Å². The zero-order valence-corrected chi connectivity index (χ0v) is 11.5. The molecule has 0 aliphatic heterocycles. The average Bonchev–Trinajstić information content (AvgIpc) is 2.87. The van der Waals surface area contributed by atoms with E-state index in [1.807, 2.05) is 0 Å². The van der Waals surface area contributed by atoms with E-state index in [0.29, 0.717) is 6.54 Å². The minimum Gasteiger partial charge on any atom is -0.508 e. The van der Waals surface area contributed by atoms with Gasteiger partial charge in [-0.15, -0.1) is 0 Å². The van der Waals surface area contributed by atoms with Crippen molar-refractivity contribution in [2.24, 2.45) is 0 Å². The maximum Gasteiger partial charge on any atom is 0.127 e. The van der Waals surface area contributed by atoms with Crippen LogP contribution in [0, 0.1) is 5.82 Å². The monoisotopic (exact) mass is 266 g/mol. The molecule has 0 amide bonds. The van der Waals surface area contributed by atoms with Crippen LogP contribution < -0.4 is 5.32 Å². The number of phenolic OH excluding ortho intramolecular Hbond substituents is 1. The normalized spacial score (nSPS) is 16.4. The number of nitrogens with zero attached hydrogens (tertiary/aromatic N) is 1. The first-order valence-corrected chi connectivity index (χ1v) is 7.04. The molecule has 2 rings (SSSR count). The van der Waals surface area contributed by atoms with Gasteiger partial charge in [-0.1, -0.05) is 12.8 Å². The summed E-state index contributed by atoms with van der Waals surface area (Å²) >= 11 is 0. The molecule has 106 valence electrons. The Balaban J connectivity index is 1.68. The summed E-state index contributed by atoms with van der Waals surface area (Å²) in [5.41, 5.74) is 0.779. The van der Waals surface area contributed by atoms with E-state index < -0.39 is 0 Å². The highest BCUT2D eigenvalue weighted by atomic mass is 19.1. The van der Waals surface area contributed by atoms with Crippen LogP contribution in [0.5, 0.6) is 5.75 Å². The topological polar surface area (TPSA) is 35.5 Å². The van der Waals surface area contributed by atoms with Crippen LogP contribution in [-0.2, 0) is 6.54 Å². The molecule has 0 saturated heterocycles. The second-order valence-corrected chi connectivity index (χ2v) is 5.41. The standard InChI is InChI=1S/C15H23FN2O/c1-18(14-4-2-3-5-14)7-6-17-11-12-8-13(16)10-15(19)9-12/h8-10,14,17,19H,2-7,11H2,1H3. The molecule has 19 heavy (non-hydrogen) atoms. The van der Waals surface area contributed by atoms with Gasteiger partial charge in [0.1, 0.15) is 11.6 Å². The van der Waals surface area contributed by atoms with E-state index in [2.05, 4.69) is 17.3 Å². The predicted octanol–water partition coefficient (Wildman–Crippen LogP) is 2.50. The van der Waals surface area contributed by atoms with Crippen molar-refractivity contribution in [1.29, 1.82) is 0 Å². The lowest BCUT2D eigenvalue weighted by Crippen LogP contribution is -2.35. The summed E-state index contributed by atoms with van der Waals surface area (Å²) < 4.78 is 13.1. The Bertz CT molecular complexity index is 385. The fourth-order valence-electron chi connectivity index (χ4n) is 2.75. The SMILES string of the molecule is CN(CCNCc1cc(O)cc(F)c1)C1CCCC1. The zero-order valence-electron chi connectivity index (χ0n) is 11.5. The third-order valence-electron chi connectivity index (χ3n) is 3.86. The second kappa shape index (κ2) is 6.87. The summed E-state index contributed by atoms with van der Waals surface area (Å²) in [6, 6.07) is 4.90. The average molecular weight is 266 g/mol. The molecule has 1 fully saturated rings. The Morgan fingerprint density at radius 2 is 2.05 bits per heavy atom. The fourth-order valence-corrected chi connectivity index (χ4v) is 2.75. The van der Waals surface area contributed by atoms with E-state index in [9.17, 15) is 9.50 Å². The van der Waals surface area contributed by atoms with E-state index in [0.717, 1.165) is 30.8 Å². The number of nitrogens with one attached hydrogen (secondary N) is 1. The Morgan fingerprint density at radius 3 is 2.74 bits per heavy atom. The number of rotatable bonds is 6. The Labute approximate surface area is 114 Å². The van der Waals surface area contributed by atoms with Gasteiger partial charge in [-0.3, -0.25) is 0 Å². The fraction of sp³-hybridized carbons (Fsp3) is 0.600. The highest BCUT2D eigenvalue weighted by Crippen LogP contribution is 2.21. The highest BCUT2D eigenvalue weighted by molar-refractivity contribution is 5.28. The number of hydrogen-bond acceptors (Lipinski definition) is 3. The third kappa shape index (κ3) is 4.48. The van der Waals surface area contributed by atoms with Crippen molar-refractivity contribution < 1.29 is 9.50 Å². The highest BCUT2D eigenvalue weighted by Gasteiger charge is 2.18. The van der Waals surface area contributed by atoms with Crippen LogP contribution in [0.25, 0.3) is 0 Å². The number of benzene rings is 1. The Morgan fingerprint density at radius 1 is 1.32 bits per heavy atom. The van der Waals surface area contributed by atoms with Gasteiger partial charge in [0.15, 0.2) is 0 Å². The van der Waals surface area contributed by atoms with Gasteiger partial charge in [0, 0.05) is 31.7 Å². The Hall–Kier alpha value is -1.13. The number of halogens is 1. The van der Waals surface area contributed by atoms with Crippen LogP contribution in [0.15, 0.2) is 18.2 Å². The summed E-state index contributed by atoms with van der Waals surface area (Å²) in [6.07, 6.45) is 5.33. The predicted molar refractivity (Wildman–Crippen MR) is 74.7 cm³/mol. The van der Waals surface area contributed by atoms with Crippen molar-refractivity contribution in [1.82, 2.24) is 10.2 Å². The molecule has 2 N–H and O–H groups in total. The zero-order chi connectivity index (χ0) is 13.7. The largest absolute Gasteiger partial charge is 0.508 e. The van der Waals surface area contributed by atoms with Gasteiger partial charge in [0.25, 0.3) is 0 Å². The third-order valence-corrected chi connectivity index (χ3v) is 3.86. The van der Waals surface area contributed by atoms with E-state index in [-0.39, 0.29) is 11.6 Å². The molecule has 0 unspecified atom stereocenters. The van der Waals surface area contributed by atoms with Gasteiger partial charge >= 0.3 is 0 Å². The summed E-state index contributed by atoms with van der Waals surface area (Å²) in [7, 11) is 2.17. The van der Waals surface area contributed by atoms with Crippen LogP contribution in [0.2, 0.25) is 0 Å². The van der Waals surface area contributed by atoms with Gasteiger partial charge in [-0.2, -0.15) is 0 Å². The first-order chi connectivity index (χ1) is 9.15. The molecular weight excluding hydrogens is 243 g/mol. The minimum absolute atomic E-state index is 0.0140. The number of likely N-dealkylation sites (N-methyl/N-ethyl adjacent to an activating group) is 1. The van der Waals surface area contributed by atoms with Gasteiger partial charge in [0.05, 0.1) is 0 Å². The van der Waals surface area contributed by atoms with Gasteiger partial charge in [0.2, 0.25) is 0 Å². The second-order valence-electron chi connectivity index (χ2n) is 5.41. The molecule has 0 radical (unpaired) electrons. The van der Waals surface area contributed by atoms with Crippen LogP contribution in [-0.4, -0.2) is 36.2 Å². The quantitative estimate of drug-likeness (QED) is 0.777. The molecule has 1 aromatic carbocycles. The van der Waals surface area contributed by atoms with E-state index in [1.54, 1.807) is 6.07 Å². The molecule has 1 aliphatic rings. The van der Waals surface area contributed by atoms with Crippen molar-refractivity contribution in [3.63, 3.8) is 0 Å². The number of aromatic hydroxyl groups is 1. The summed E-state index contributed by atoms with van der Waals surface area (Å²) in [6.45, 7) is 2.47.